The van der Waals surface area contributed by atoms with Crippen molar-refractivity contribution in [3.63, 3.8) is 0 Å². The summed E-state index contributed by atoms with van der Waals surface area (Å²) in [7, 11) is 1.59. The summed E-state index contributed by atoms with van der Waals surface area (Å²) in [5, 5.41) is 0.660. The van der Waals surface area contributed by atoms with Crippen LogP contribution in [0.1, 0.15) is 5.56 Å². The lowest BCUT2D eigenvalue weighted by Gasteiger charge is -2.10. The van der Waals surface area contributed by atoms with Gasteiger partial charge in [-0.2, -0.15) is 0 Å². The summed E-state index contributed by atoms with van der Waals surface area (Å²) in [6.45, 7) is 0.425. The number of hydrogen-bond donors (Lipinski definition) is 1. The number of hydrogen-bond acceptors (Lipinski definition) is 3. The first-order valence-electron chi connectivity index (χ1n) is 5.60. The average Bonchev–Trinajstić information content (AvgIpc) is 2.38. The molecule has 0 aromatic heterocycles. The highest BCUT2D eigenvalue weighted by Crippen LogP contribution is 2.29. The molecule has 0 saturated heterocycles. The zero-order valence-electron chi connectivity index (χ0n) is 10.3. The first-order chi connectivity index (χ1) is 9.10. The average molecular weight is 343 g/mol. The van der Waals surface area contributed by atoms with Crippen molar-refractivity contribution in [3.05, 3.63) is 51.5 Å². The maximum absolute atomic E-state index is 5.87. The second-order valence-electron chi connectivity index (χ2n) is 3.94. The Morgan fingerprint density at radius 1 is 1.16 bits per heavy atom. The van der Waals surface area contributed by atoms with Crippen molar-refractivity contribution < 1.29 is 9.47 Å². The lowest BCUT2D eigenvalue weighted by Crippen LogP contribution is -1.99. The molecule has 2 rings (SSSR count). The van der Waals surface area contributed by atoms with Gasteiger partial charge < -0.3 is 15.2 Å². The number of ether oxygens (including phenoxy) is 2. The number of anilines is 1. The SMILES string of the molecule is COc1ccc(COc2ccc(Cl)cc2Br)cc1N. The Balaban J connectivity index is 2.08. The van der Waals surface area contributed by atoms with Gasteiger partial charge in [-0.1, -0.05) is 17.7 Å². The van der Waals surface area contributed by atoms with Gasteiger partial charge in [-0.15, -0.1) is 0 Å². The zero-order valence-corrected chi connectivity index (χ0v) is 12.7. The van der Waals surface area contributed by atoms with Crippen LogP contribution in [0, 0.1) is 0 Å². The molecule has 0 atom stereocenters. The van der Waals surface area contributed by atoms with Crippen molar-refractivity contribution in [2.24, 2.45) is 0 Å². The maximum atomic E-state index is 5.87. The summed E-state index contributed by atoms with van der Waals surface area (Å²) in [5.41, 5.74) is 7.41. The molecule has 0 amide bonds. The van der Waals surface area contributed by atoms with Crippen LogP contribution in [0.3, 0.4) is 0 Å². The van der Waals surface area contributed by atoms with Crippen LogP contribution in [-0.2, 0) is 6.61 Å². The van der Waals surface area contributed by atoms with E-state index >= 15 is 0 Å². The molecule has 0 heterocycles. The van der Waals surface area contributed by atoms with E-state index in [0.717, 1.165) is 15.8 Å². The van der Waals surface area contributed by atoms with Gasteiger partial charge in [0.05, 0.1) is 17.3 Å². The molecule has 0 aliphatic rings. The molecule has 2 aromatic rings. The molecular formula is C14H13BrClNO2. The monoisotopic (exact) mass is 341 g/mol. The Morgan fingerprint density at radius 3 is 2.53 bits per heavy atom. The topological polar surface area (TPSA) is 44.5 Å². The molecule has 0 saturated carbocycles. The third-order valence-corrected chi connectivity index (χ3v) is 3.44. The smallest absolute Gasteiger partial charge is 0.141 e. The summed E-state index contributed by atoms with van der Waals surface area (Å²) in [6, 6.07) is 11.0. The molecule has 0 unspecified atom stereocenters. The third kappa shape index (κ3) is 3.55. The summed E-state index contributed by atoms with van der Waals surface area (Å²) >= 11 is 9.28. The molecular weight excluding hydrogens is 330 g/mol. The summed E-state index contributed by atoms with van der Waals surface area (Å²) in [4.78, 5) is 0. The molecule has 0 fully saturated rings. The van der Waals surface area contributed by atoms with Gasteiger partial charge in [-0.25, -0.2) is 0 Å². The van der Waals surface area contributed by atoms with Crippen LogP contribution in [0.2, 0.25) is 5.02 Å². The summed E-state index contributed by atoms with van der Waals surface area (Å²) in [6.07, 6.45) is 0. The summed E-state index contributed by atoms with van der Waals surface area (Å²) < 4.78 is 11.6. The Morgan fingerprint density at radius 2 is 1.89 bits per heavy atom. The number of nitrogens with two attached hydrogens (primary N) is 1. The first-order valence-corrected chi connectivity index (χ1v) is 6.77. The van der Waals surface area contributed by atoms with Crippen LogP contribution < -0.4 is 15.2 Å². The van der Waals surface area contributed by atoms with E-state index in [0.29, 0.717) is 23.1 Å². The fraction of sp³-hybridized carbons (Fsp3) is 0.143. The van der Waals surface area contributed by atoms with Gasteiger partial charge in [-0.05, 0) is 51.8 Å². The van der Waals surface area contributed by atoms with E-state index in [9.17, 15) is 0 Å². The van der Waals surface area contributed by atoms with Crippen molar-refractivity contribution in [2.45, 2.75) is 6.61 Å². The van der Waals surface area contributed by atoms with E-state index in [1.807, 2.05) is 24.3 Å². The number of rotatable bonds is 4. The fourth-order valence-electron chi connectivity index (χ4n) is 1.63. The highest BCUT2D eigenvalue weighted by atomic mass is 79.9. The van der Waals surface area contributed by atoms with Crippen LogP contribution in [0.5, 0.6) is 11.5 Å². The molecule has 0 bridgehead atoms. The van der Waals surface area contributed by atoms with E-state index in [-0.39, 0.29) is 0 Å². The molecule has 3 nitrogen and oxygen atoms in total. The second-order valence-corrected chi connectivity index (χ2v) is 5.23. The molecule has 0 aliphatic carbocycles. The van der Waals surface area contributed by atoms with Crippen molar-refractivity contribution in [1.29, 1.82) is 0 Å². The Kier molecular flexibility index (Phi) is 4.56. The van der Waals surface area contributed by atoms with E-state index in [4.69, 9.17) is 26.8 Å². The largest absolute Gasteiger partial charge is 0.495 e. The predicted molar refractivity (Wildman–Crippen MR) is 80.9 cm³/mol. The summed E-state index contributed by atoms with van der Waals surface area (Å²) in [5.74, 6) is 1.40. The fourth-order valence-corrected chi connectivity index (χ4v) is 2.42. The minimum atomic E-state index is 0.425. The second kappa shape index (κ2) is 6.17. The van der Waals surface area contributed by atoms with Crippen molar-refractivity contribution >= 4 is 33.2 Å². The van der Waals surface area contributed by atoms with E-state index in [1.165, 1.54) is 0 Å². The van der Waals surface area contributed by atoms with Crippen LogP contribution >= 0.6 is 27.5 Å². The zero-order chi connectivity index (χ0) is 13.8. The molecule has 19 heavy (non-hydrogen) atoms. The number of methoxy groups -OCH3 is 1. The molecule has 5 heteroatoms. The van der Waals surface area contributed by atoms with Crippen molar-refractivity contribution in [2.75, 3.05) is 12.8 Å². The van der Waals surface area contributed by atoms with Gasteiger partial charge >= 0.3 is 0 Å². The third-order valence-electron chi connectivity index (χ3n) is 2.58. The highest BCUT2D eigenvalue weighted by Gasteiger charge is 2.04. The maximum Gasteiger partial charge on any atom is 0.141 e. The minimum absolute atomic E-state index is 0.425. The highest BCUT2D eigenvalue weighted by molar-refractivity contribution is 9.10. The van der Waals surface area contributed by atoms with Crippen molar-refractivity contribution in [3.8, 4) is 11.5 Å². The first kappa shape index (κ1) is 14.0. The van der Waals surface area contributed by atoms with E-state index in [2.05, 4.69) is 15.9 Å². The van der Waals surface area contributed by atoms with Gasteiger partial charge in [-0.3, -0.25) is 0 Å². The standard InChI is InChI=1S/C14H13BrClNO2/c1-18-14-4-2-9(6-12(14)17)8-19-13-5-3-10(16)7-11(13)15/h2-7H,8,17H2,1H3. The Hall–Kier alpha value is -1.39. The number of nitrogen functional groups attached to an aromatic ring is 1. The van der Waals surface area contributed by atoms with Gasteiger partial charge in [0.15, 0.2) is 0 Å². The molecule has 2 aromatic carbocycles. The molecule has 2 N–H and O–H groups in total. The van der Waals surface area contributed by atoms with Gasteiger partial charge in [0, 0.05) is 5.02 Å². The van der Waals surface area contributed by atoms with Gasteiger partial charge in [0.2, 0.25) is 0 Å². The number of halogens is 2. The van der Waals surface area contributed by atoms with Gasteiger partial charge in [0.25, 0.3) is 0 Å². The van der Waals surface area contributed by atoms with E-state index < -0.39 is 0 Å². The lowest BCUT2D eigenvalue weighted by molar-refractivity contribution is 0.304. The molecule has 0 aliphatic heterocycles. The van der Waals surface area contributed by atoms with E-state index in [1.54, 1.807) is 19.2 Å². The lowest BCUT2D eigenvalue weighted by atomic mass is 10.2. The van der Waals surface area contributed by atoms with Crippen LogP contribution in [0.4, 0.5) is 5.69 Å². The molecule has 0 spiro atoms. The van der Waals surface area contributed by atoms with Crippen molar-refractivity contribution in [1.82, 2.24) is 0 Å². The van der Waals surface area contributed by atoms with Crippen LogP contribution in [0.25, 0.3) is 0 Å². The predicted octanol–water partition coefficient (Wildman–Crippen LogP) is 4.27. The minimum Gasteiger partial charge on any atom is -0.495 e. The van der Waals surface area contributed by atoms with Crippen LogP contribution in [-0.4, -0.2) is 7.11 Å². The molecule has 100 valence electrons. The van der Waals surface area contributed by atoms with Gasteiger partial charge in [0.1, 0.15) is 18.1 Å². The Labute approximate surface area is 125 Å². The number of benzene rings is 2. The molecule has 0 radical (unpaired) electrons. The normalized spacial score (nSPS) is 10.3. The Bertz CT molecular complexity index is 590. The quantitative estimate of drug-likeness (QED) is 0.844. The van der Waals surface area contributed by atoms with Crippen LogP contribution in [0.15, 0.2) is 40.9 Å².